The number of benzene rings is 1. The maximum Gasteiger partial charge on any atom is 0.270 e. The molecule has 3 aromatic rings. The van der Waals surface area contributed by atoms with Gasteiger partial charge in [-0.25, -0.2) is 9.50 Å². The van der Waals surface area contributed by atoms with Crippen LogP contribution in [0, 0.1) is 5.92 Å². The summed E-state index contributed by atoms with van der Waals surface area (Å²) in [7, 11) is 0. The summed E-state index contributed by atoms with van der Waals surface area (Å²) < 4.78 is 6.79. The Morgan fingerprint density at radius 1 is 1.12 bits per heavy atom. The Morgan fingerprint density at radius 3 is 2.82 bits per heavy atom. The molecule has 0 radical (unpaired) electrons. The van der Waals surface area contributed by atoms with Crippen LogP contribution in [0.3, 0.4) is 0 Å². The summed E-state index contributed by atoms with van der Waals surface area (Å²) in [5, 5.41) is 16.0. The zero-order valence-electron chi connectivity index (χ0n) is 18.5. The van der Waals surface area contributed by atoms with E-state index in [0.717, 1.165) is 31.5 Å². The molecule has 5 rings (SSSR count). The Balaban J connectivity index is 1.28. The van der Waals surface area contributed by atoms with E-state index in [1.165, 1.54) is 16.8 Å². The molecule has 34 heavy (non-hydrogen) atoms. The van der Waals surface area contributed by atoms with Crippen LogP contribution in [0.2, 0.25) is 0 Å². The van der Waals surface area contributed by atoms with Crippen molar-refractivity contribution in [2.75, 3.05) is 31.6 Å². The van der Waals surface area contributed by atoms with Crippen LogP contribution in [0.4, 0.5) is 5.69 Å². The lowest BCUT2D eigenvalue weighted by atomic mass is 9.98. The lowest BCUT2D eigenvalue weighted by Gasteiger charge is -2.22. The molecule has 0 atom stereocenters. The fraction of sp³-hybridized carbons (Fsp3) is 0.348. The Bertz CT molecular complexity index is 1250. The molecule has 0 unspecified atom stereocenters. The SMILES string of the molecule is O=C1COc2ccc(CNC(=O)c3cc(C(=O)NCC4CCNCC4)n4nccc4n3)cc2N1. The Morgan fingerprint density at radius 2 is 1.97 bits per heavy atom. The topological polar surface area (TPSA) is 139 Å². The minimum Gasteiger partial charge on any atom is -0.482 e. The predicted molar refractivity (Wildman–Crippen MR) is 123 cm³/mol. The minimum absolute atomic E-state index is 0.0143. The number of amides is 3. The van der Waals surface area contributed by atoms with E-state index in [-0.39, 0.29) is 36.4 Å². The van der Waals surface area contributed by atoms with E-state index in [0.29, 0.717) is 29.5 Å². The van der Waals surface area contributed by atoms with E-state index in [1.54, 1.807) is 18.2 Å². The average molecular weight is 463 g/mol. The van der Waals surface area contributed by atoms with Gasteiger partial charge in [0.25, 0.3) is 17.7 Å². The summed E-state index contributed by atoms with van der Waals surface area (Å²) in [5.74, 6) is 0.0681. The molecule has 2 aliphatic rings. The van der Waals surface area contributed by atoms with Gasteiger partial charge in [0.2, 0.25) is 0 Å². The normalized spacial score (nSPS) is 15.8. The molecule has 2 aromatic heterocycles. The van der Waals surface area contributed by atoms with E-state index in [2.05, 4.69) is 31.3 Å². The van der Waals surface area contributed by atoms with Crippen molar-refractivity contribution in [3.63, 3.8) is 0 Å². The van der Waals surface area contributed by atoms with Crippen molar-refractivity contribution in [1.82, 2.24) is 30.5 Å². The highest BCUT2D eigenvalue weighted by molar-refractivity contribution is 5.98. The van der Waals surface area contributed by atoms with Gasteiger partial charge in [-0.3, -0.25) is 14.4 Å². The molecule has 11 heteroatoms. The van der Waals surface area contributed by atoms with E-state index in [4.69, 9.17) is 4.74 Å². The lowest BCUT2D eigenvalue weighted by Crippen LogP contribution is -2.36. The highest BCUT2D eigenvalue weighted by Gasteiger charge is 2.20. The molecule has 11 nitrogen and oxygen atoms in total. The number of carbonyl (C=O) groups is 3. The number of hydrogen-bond acceptors (Lipinski definition) is 7. The molecule has 1 saturated heterocycles. The Labute approximate surface area is 195 Å². The van der Waals surface area contributed by atoms with Crippen LogP contribution < -0.4 is 26.0 Å². The fourth-order valence-electron chi connectivity index (χ4n) is 4.12. The highest BCUT2D eigenvalue weighted by Crippen LogP contribution is 2.28. The van der Waals surface area contributed by atoms with Crippen molar-refractivity contribution in [1.29, 1.82) is 0 Å². The third-order valence-electron chi connectivity index (χ3n) is 5.96. The Hall–Kier alpha value is -3.99. The summed E-state index contributed by atoms with van der Waals surface area (Å²) in [4.78, 5) is 41.7. The van der Waals surface area contributed by atoms with E-state index in [9.17, 15) is 14.4 Å². The van der Waals surface area contributed by atoms with Crippen molar-refractivity contribution >= 4 is 29.1 Å². The number of piperidine rings is 1. The number of nitrogens with one attached hydrogen (secondary N) is 4. The molecule has 4 N–H and O–H groups in total. The summed E-state index contributed by atoms with van der Waals surface area (Å²) in [6.45, 7) is 2.68. The van der Waals surface area contributed by atoms with Crippen LogP contribution in [0.1, 0.15) is 39.4 Å². The van der Waals surface area contributed by atoms with Crippen molar-refractivity contribution in [3.05, 3.63) is 53.5 Å². The standard InChI is InChI=1S/C23H25N7O4/c31-21-13-34-19-2-1-15(9-16(19)29-21)12-25-22(32)17-10-18(30-20(28-17)5-8-27-30)23(33)26-11-14-3-6-24-7-4-14/h1-2,5,8-10,14,24H,3-4,6-7,11-13H2,(H,25,32)(H,26,33)(H,29,31). The zero-order valence-corrected chi connectivity index (χ0v) is 18.5. The minimum atomic E-state index is -0.422. The van der Waals surface area contributed by atoms with Gasteiger partial charge >= 0.3 is 0 Å². The molecule has 0 saturated carbocycles. The number of fused-ring (bicyclic) bond motifs is 2. The zero-order chi connectivity index (χ0) is 23.5. The van der Waals surface area contributed by atoms with Crippen molar-refractivity contribution in [2.45, 2.75) is 19.4 Å². The van der Waals surface area contributed by atoms with Crippen molar-refractivity contribution in [2.24, 2.45) is 5.92 Å². The van der Waals surface area contributed by atoms with Gasteiger partial charge in [-0.2, -0.15) is 5.10 Å². The van der Waals surface area contributed by atoms with Crippen LogP contribution in [0.15, 0.2) is 36.5 Å². The maximum atomic E-state index is 12.9. The summed E-state index contributed by atoms with van der Waals surface area (Å²) in [6, 6.07) is 8.40. The van der Waals surface area contributed by atoms with Crippen LogP contribution >= 0.6 is 0 Å². The van der Waals surface area contributed by atoms with Crippen LogP contribution in [0.5, 0.6) is 5.75 Å². The number of nitrogens with zero attached hydrogens (tertiary/aromatic N) is 3. The summed E-state index contributed by atoms with van der Waals surface area (Å²) in [6.07, 6.45) is 3.57. The first-order valence-corrected chi connectivity index (χ1v) is 11.2. The molecular weight excluding hydrogens is 438 g/mol. The average Bonchev–Trinajstić information content (AvgIpc) is 3.34. The van der Waals surface area contributed by atoms with E-state index in [1.807, 2.05) is 6.07 Å². The first kappa shape index (κ1) is 21.8. The second-order valence-electron chi connectivity index (χ2n) is 8.38. The van der Waals surface area contributed by atoms with Crippen LogP contribution in [-0.2, 0) is 11.3 Å². The van der Waals surface area contributed by atoms with Crippen molar-refractivity contribution in [3.8, 4) is 5.75 Å². The predicted octanol–water partition coefficient (Wildman–Crippen LogP) is 0.720. The lowest BCUT2D eigenvalue weighted by molar-refractivity contribution is -0.118. The second kappa shape index (κ2) is 9.48. The van der Waals surface area contributed by atoms with Gasteiger partial charge in [-0.15, -0.1) is 0 Å². The molecule has 2 aliphatic heterocycles. The van der Waals surface area contributed by atoms with Gasteiger partial charge in [-0.05, 0) is 49.5 Å². The molecular formula is C23H25N7O4. The monoisotopic (exact) mass is 463 g/mol. The van der Waals surface area contributed by atoms with E-state index >= 15 is 0 Å². The Kier molecular flexibility index (Phi) is 6.09. The van der Waals surface area contributed by atoms with Gasteiger partial charge < -0.3 is 26.0 Å². The first-order valence-electron chi connectivity index (χ1n) is 11.2. The fourth-order valence-corrected chi connectivity index (χ4v) is 4.12. The van der Waals surface area contributed by atoms with Crippen molar-refractivity contribution < 1.29 is 19.1 Å². The van der Waals surface area contributed by atoms with Gasteiger partial charge in [-0.1, -0.05) is 6.07 Å². The summed E-state index contributed by atoms with van der Waals surface area (Å²) in [5.41, 5.74) is 2.13. The largest absolute Gasteiger partial charge is 0.482 e. The van der Waals surface area contributed by atoms with Crippen LogP contribution in [-0.4, -0.2) is 58.6 Å². The molecule has 0 bridgehead atoms. The summed E-state index contributed by atoms with van der Waals surface area (Å²) >= 11 is 0. The van der Waals surface area contributed by atoms with Gasteiger partial charge in [0, 0.05) is 25.2 Å². The number of carbonyl (C=O) groups excluding carboxylic acids is 3. The number of ether oxygens (including phenoxy) is 1. The number of anilines is 1. The maximum absolute atomic E-state index is 12.9. The van der Waals surface area contributed by atoms with Gasteiger partial charge in [0.15, 0.2) is 12.3 Å². The first-order chi connectivity index (χ1) is 16.6. The molecule has 1 fully saturated rings. The van der Waals surface area contributed by atoms with Gasteiger partial charge in [0.1, 0.15) is 17.1 Å². The molecule has 0 aliphatic carbocycles. The molecule has 4 heterocycles. The highest BCUT2D eigenvalue weighted by atomic mass is 16.5. The number of rotatable bonds is 6. The molecule has 176 valence electrons. The smallest absolute Gasteiger partial charge is 0.270 e. The number of aromatic nitrogens is 3. The molecule has 1 aromatic carbocycles. The van der Waals surface area contributed by atoms with Crippen LogP contribution in [0.25, 0.3) is 5.65 Å². The van der Waals surface area contributed by atoms with E-state index < -0.39 is 5.91 Å². The second-order valence-corrected chi connectivity index (χ2v) is 8.38. The molecule has 3 amide bonds. The molecule has 0 spiro atoms. The third-order valence-corrected chi connectivity index (χ3v) is 5.96. The third kappa shape index (κ3) is 4.69. The van der Waals surface area contributed by atoms with Gasteiger partial charge in [0.05, 0.1) is 11.9 Å². The quantitative estimate of drug-likeness (QED) is 0.422. The number of hydrogen-bond donors (Lipinski definition) is 4.